The minimum atomic E-state index is 0.401. The zero-order valence-corrected chi connectivity index (χ0v) is 12.0. The van der Waals surface area contributed by atoms with Crippen molar-refractivity contribution in [3.8, 4) is 0 Å². The standard InChI is InChI=1S/C12H19ClNO2P/c1-3-15-9-11(17-16-4-2)7-10-5-6-12(13)14-8-10/h5-6,8,11,17H,3-4,7,9H2,1-2H3. The van der Waals surface area contributed by atoms with E-state index in [0.29, 0.717) is 19.6 Å². The molecule has 0 fully saturated rings. The number of hydrogen-bond acceptors (Lipinski definition) is 3. The van der Waals surface area contributed by atoms with E-state index < -0.39 is 0 Å². The lowest BCUT2D eigenvalue weighted by Gasteiger charge is -2.16. The molecule has 2 unspecified atom stereocenters. The summed E-state index contributed by atoms with van der Waals surface area (Å²) in [5.74, 6) is 0. The second-order valence-corrected chi connectivity index (χ2v) is 5.33. The summed E-state index contributed by atoms with van der Waals surface area (Å²) in [7, 11) is 0.470. The van der Waals surface area contributed by atoms with Crippen molar-refractivity contribution >= 4 is 20.4 Å². The van der Waals surface area contributed by atoms with Crippen LogP contribution in [0.5, 0.6) is 0 Å². The molecule has 5 heteroatoms. The predicted molar refractivity (Wildman–Crippen MR) is 73.2 cm³/mol. The maximum atomic E-state index is 5.76. The third-order valence-corrected chi connectivity index (χ3v) is 3.57. The largest absolute Gasteiger partial charge is 0.381 e. The van der Waals surface area contributed by atoms with Crippen LogP contribution in [0.3, 0.4) is 0 Å². The SMILES string of the molecule is CCOCC(Cc1ccc(Cl)nc1)POCC. The van der Waals surface area contributed by atoms with E-state index in [-0.39, 0.29) is 0 Å². The van der Waals surface area contributed by atoms with Gasteiger partial charge in [-0.25, -0.2) is 4.98 Å². The number of ether oxygens (including phenoxy) is 1. The van der Waals surface area contributed by atoms with Crippen LogP contribution < -0.4 is 0 Å². The van der Waals surface area contributed by atoms with E-state index in [9.17, 15) is 0 Å². The van der Waals surface area contributed by atoms with Gasteiger partial charge < -0.3 is 9.26 Å². The Hall–Kier alpha value is -0.210. The molecule has 96 valence electrons. The van der Waals surface area contributed by atoms with Gasteiger partial charge in [-0.05, 0) is 31.9 Å². The summed E-state index contributed by atoms with van der Waals surface area (Å²) in [4.78, 5) is 4.08. The third kappa shape index (κ3) is 6.32. The van der Waals surface area contributed by atoms with E-state index in [1.807, 2.05) is 32.2 Å². The summed E-state index contributed by atoms with van der Waals surface area (Å²) in [6, 6.07) is 3.82. The smallest absolute Gasteiger partial charge is 0.129 e. The van der Waals surface area contributed by atoms with Gasteiger partial charge in [0.05, 0.1) is 6.61 Å². The molecule has 1 rings (SSSR count). The molecule has 0 aliphatic carbocycles. The molecule has 0 aliphatic heterocycles. The number of aromatic nitrogens is 1. The van der Waals surface area contributed by atoms with Gasteiger partial charge in [-0.2, -0.15) is 0 Å². The molecule has 1 aromatic rings. The van der Waals surface area contributed by atoms with E-state index in [0.717, 1.165) is 26.2 Å². The lowest BCUT2D eigenvalue weighted by Crippen LogP contribution is -2.14. The molecule has 2 atom stereocenters. The van der Waals surface area contributed by atoms with Gasteiger partial charge in [-0.3, -0.25) is 0 Å². The first-order valence-corrected chi connectivity index (χ1v) is 7.18. The first-order chi connectivity index (χ1) is 8.26. The highest BCUT2D eigenvalue weighted by Gasteiger charge is 2.10. The molecule has 3 nitrogen and oxygen atoms in total. The van der Waals surface area contributed by atoms with Crippen LogP contribution in [0.25, 0.3) is 0 Å². The first kappa shape index (κ1) is 14.8. The van der Waals surface area contributed by atoms with Crippen molar-refractivity contribution in [2.75, 3.05) is 19.8 Å². The molecule has 0 aromatic carbocycles. The van der Waals surface area contributed by atoms with Crippen molar-refractivity contribution in [1.29, 1.82) is 0 Å². The van der Waals surface area contributed by atoms with Crippen LogP contribution in [0.1, 0.15) is 19.4 Å². The maximum Gasteiger partial charge on any atom is 0.129 e. The lowest BCUT2D eigenvalue weighted by atomic mass is 10.1. The van der Waals surface area contributed by atoms with Gasteiger partial charge in [0.1, 0.15) is 5.15 Å². The normalized spacial score (nSPS) is 13.4. The Morgan fingerprint density at radius 1 is 1.35 bits per heavy atom. The van der Waals surface area contributed by atoms with E-state index >= 15 is 0 Å². The van der Waals surface area contributed by atoms with Crippen LogP contribution in [0, 0.1) is 0 Å². The fraction of sp³-hybridized carbons (Fsp3) is 0.583. The Balaban J connectivity index is 2.48. The number of rotatable bonds is 8. The van der Waals surface area contributed by atoms with Crippen molar-refractivity contribution in [1.82, 2.24) is 4.98 Å². The summed E-state index contributed by atoms with van der Waals surface area (Å²) in [5.41, 5.74) is 1.57. The highest BCUT2D eigenvalue weighted by Crippen LogP contribution is 2.24. The molecule has 0 bridgehead atoms. The Labute approximate surface area is 110 Å². The Morgan fingerprint density at radius 2 is 2.18 bits per heavy atom. The zero-order valence-electron chi connectivity index (χ0n) is 10.3. The highest BCUT2D eigenvalue weighted by molar-refractivity contribution is 7.33. The van der Waals surface area contributed by atoms with E-state index in [2.05, 4.69) is 4.98 Å². The lowest BCUT2D eigenvalue weighted by molar-refractivity contribution is 0.146. The molecule has 1 aromatic heterocycles. The van der Waals surface area contributed by atoms with Crippen molar-refractivity contribution in [2.45, 2.75) is 25.9 Å². The molecule has 0 radical (unpaired) electrons. The molecule has 0 saturated carbocycles. The Bertz CT molecular complexity index is 300. The van der Waals surface area contributed by atoms with Crippen molar-refractivity contribution < 1.29 is 9.26 Å². The van der Waals surface area contributed by atoms with Gasteiger partial charge in [-0.15, -0.1) is 0 Å². The van der Waals surface area contributed by atoms with Gasteiger partial charge in [0.2, 0.25) is 0 Å². The van der Waals surface area contributed by atoms with Crippen LogP contribution in [0.15, 0.2) is 18.3 Å². The molecule has 0 amide bonds. The van der Waals surface area contributed by atoms with Gasteiger partial charge in [0, 0.05) is 33.9 Å². The van der Waals surface area contributed by atoms with Crippen molar-refractivity contribution in [3.05, 3.63) is 29.0 Å². The molecule has 0 saturated heterocycles. The first-order valence-electron chi connectivity index (χ1n) is 5.81. The molecule has 0 N–H and O–H groups in total. The average Bonchev–Trinajstić information content (AvgIpc) is 2.35. The quantitative estimate of drug-likeness (QED) is 0.539. The number of pyridine rings is 1. The summed E-state index contributed by atoms with van der Waals surface area (Å²) < 4.78 is 11.0. The number of halogens is 1. The monoisotopic (exact) mass is 275 g/mol. The fourth-order valence-electron chi connectivity index (χ4n) is 1.41. The fourth-order valence-corrected chi connectivity index (χ4v) is 2.43. The molecule has 0 aliphatic rings. The van der Waals surface area contributed by atoms with Gasteiger partial charge >= 0.3 is 0 Å². The van der Waals surface area contributed by atoms with Crippen LogP contribution in [-0.4, -0.2) is 30.5 Å². The van der Waals surface area contributed by atoms with E-state index in [4.69, 9.17) is 20.9 Å². The number of nitrogens with zero attached hydrogens (tertiary/aromatic N) is 1. The second-order valence-electron chi connectivity index (χ2n) is 3.60. The molecular formula is C12H19ClNO2P. The average molecular weight is 276 g/mol. The minimum absolute atomic E-state index is 0.401. The van der Waals surface area contributed by atoms with Gasteiger partial charge in [0.25, 0.3) is 0 Å². The summed E-state index contributed by atoms with van der Waals surface area (Å²) >= 11 is 5.76. The van der Waals surface area contributed by atoms with Crippen LogP contribution in [0.4, 0.5) is 0 Å². The molecule has 0 spiro atoms. The van der Waals surface area contributed by atoms with Crippen LogP contribution in [-0.2, 0) is 15.7 Å². The highest BCUT2D eigenvalue weighted by atomic mass is 35.5. The van der Waals surface area contributed by atoms with Crippen LogP contribution >= 0.6 is 20.4 Å². The van der Waals surface area contributed by atoms with Crippen LogP contribution in [0.2, 0.25) is 5.15 Å². The summed E-state index contributed by atoms with van der Waals surface area (Å²) in [6.45, 7) is 6.24. The van der Waals surface area contributed by atoms with Crippen molar-refractivity contribution in [3.63, 3.8) is 0 Å². The predicted octanol–water partition coefficient (Wildman–Crippen LogP) is 3.31. The number of hydrogen-bond donors (Lipinski definition) is 0. The second kappa shape index (κ2) is 8.82. The van der Waals surface area contributed by atoms with E-state index in [1.165, 1.54) is 5.56 Å². The molecule has 1 heterocycles. The Kier molecular flexibility index (Phi) is 7.70. The van der Waals surface area contributed by atoms with Gasteiger partial charge in [0.15, 0.2) is 0 Å². The molecule has 17 heavy (non-hydrogen) atoms. The summed E-state index contributed by atoms with van der Waals surface area (Å²) in [6.07, 6.45) is 2.74. The minimum Gasteiger partial charge on any atom is -0.381 e. The zero-order chi connectivity index (χ0) is 12.5. The van der Waals surface area contributed by atoms with Crippen molar-refractivity contribution in [2.24, 2.45) is 0 Å². The third-order valence-electron chi connectivity index (χ3n) is 2.19. The Morgan fingerprint density at radius 3 is 2.76 bits per heavy atom. The maximum absolute atomic E-state index is 5.76. The van der Waals surface area contributed by atoms with E-state index in [1.54, 1.807) is 0 Å². The molecular weight excluding hydrogens is 257 g/mol. The van der Waals surface area contributed by atoms with Gasteiger partial charge in [-0.1, -0.05) is 17.7 Å². The summed E-state index contributed by atoms with van der Waals surface area (Å²) in [5, 5.41) is 0.530. The topological polar surface area (TPSA) is 31.4 Å².